The van der Waals surface area contributed by atoms with Gasteiger partial charge in [0.05, 0.1) is 25.1 Å². The molecule has 0 aliphatic carbocycles. The number of nitrogens with one attached hydrogen (secondary N) is 1. The lowest BCUT2D eigenvalue weighted by Crippen LogP contribution is -2.58. The number of carbonyl (C=O) groups excluding carboxylic acids is 4. The van der Waals surface area contributed by atoms with Crippen LogP contribution in [0, 0.1) is 11.8 Å². The third kappa shape index (κ3) is 5.35. The van der Waals surface area contributed by atoms with Crippen LogP contribution in [0.2, 0.25) is 0 Å². The third-order valence-corrected chi connectivity index (χ3v) is 9.09. The highest BCUT2D eigenvalue weighted by atomic mass is 79.9. The van der Waals surface area contributed by atoms with E-state index in [1.54, 1.807) is 17.9 Å². The topological polar surface area (TPSA) is 125 Å². The van der Waals surface area contributed by atoms with Gasteiger partial charge in [-0.1, -0.05) is 65.3 Å². The summed E-state index contributed by atoms with van der Waals surface area (Å²) in [5, 5.41) is 13.1. The second-order valence-corrected chi connectivity index (χ2v) is 12.0. The molecule has 1 aromatic rings. The molecule has 2 saturated heterocycles. The van der Waals surface area contributed by atoms with Crippen LogP contribution in [0.3, 0.4) is 0 Å². The first kappa shape index (κ1) is 29.5. The number of likely N-dealkylation sites (tertiary alicyclic amines) is 1. The number of carbonyl (C=O) groups is 4. The lowest BCUT2D eigenvalue weighted by atomic mass is 9.74. The van der Waals surface area contributed by atoms with E-state index in [1.165, 1.54) is 4.90 Å². The molecule has 41 heavy (non-hydrogen) atoms. The molecule has 1 aromatic carbocycles. The second-order valence-electron chi connectivity index (χ2n) is 11.1. The Hall–Kier alpha value is -3.02. The number of allylic oxidation sites excluding steroid dienone is 1. The zero-order valence-electron chi connectivity index (χ0n) is 23.2. The van der Waals surface area contributed by atoms with E-state index >= 15 is 0 Å². The van der Waals surface area contributed by atoms with Crippen molar-refractivity contribution in [1.82, 2.24) is 15.1 Å². The number of hydrogen-bond acceptors (Lipinski definition) is 7. The third-order valence-electron chi connectivity index (χ3n) is 8.41. The molecule has 0 radical (unpaired) electrons. The summed E-state index contributed by atoms with van der Waals surface area (Å²) in [6.07, 6.45) is 5.18. The number of nitrogens with zero attached hydrogens (tertiary/aromatic N) is 2. The minimum absolute atomic E-state index is 0.133. The molecule has 4 aliphatic heterocycles. The normalized spacial score (nSPS) is 33.8. The summed E-state index contributed by atoms with van der Waals surface area (Å²) in [5.74, 6) is -3.55. The average Bonchev–Trinajstić information content (AvgIpc) is 3.55. The standard InChI is InChI=1S/C30H36BrN3O7/c1-3-20(17-35)34-26-28(38)33(16-19-10-6-4-7-11-19)13-9-5-8-12-22(36)32-15-18(2)40-29(39)23-24(27(34)37)30(26)14-21(31)25(23)41-30/h4-7,9-11,14,18,20,23-26,35H,3,8,12-13,15-17H2,1-2H3,(H,32,36)/b9-5-/t18-,20-,23+,24-,25+,26+,30-/m0/s1. The number of hydrogen-bond donors (Lipinski definition) is 2. The van der Waals surface area contributed by atoms with Gasteiger partial charge in [0.25, 0.3) is 0 Å². The quantitative estimate of drug-likeness (QED) is 0.377. The maximum atomic E-state index is 14.6. The molecule has 2 N–H and O–H groups in total. The van der Waals surface area contributed by atoms with Crippen LogP contribution in [0.15, 0.2) is 53.0 Å². The Morgan fingerprint density at radius 1 is 1.15 bits per heavy atom. The van der Waals surface area contributed by atoms with Crippen molar-refractivity contribution < 1.29 is 33.8 Å². The molecule has 10 nitrogen and oxygen atoms in total. The highest BCUT2D eigenvalue weighted by Gasteiger charge is 2.75. The number of aliphatic hydroxyl groups excluding tert-OH is 1. The number of rotatable bonds is 5. The molecular weight excluding hydrogens is 594 g/mol. The summed E-state index contributed by atoms with van der Waals surface area (Å²) in [6.45, 7) is 3.83. The van der Waals surface area contributed by atoms with Crippen LogP contribution >= 0.6 is 15.9 Å². The van der Waals surface area contributed by atoms with Crippen LogP contribution in [0.4, 0.5) is 0 Å². The zero-order chi connectivity index (χ0) is 29.3. The Labute approximate surface area is 247 Å². The predicted octanol–water partition coefficient (Wildman–Crippen LogP) is 2.06. The molecule has 0 saturated carbocycles. The monoisotopic (exact) mass is 629 g/mol. The summed E-state index contributed by atoms with van der Waals surface area (Å²) in [4.78, 5) is 57.9. The van der Waals surface area contributed by atoms with E-state index in [0.29, 0.717) is 17.3 Å². The molecule has 4 heterocycles. The maximum Gasteiger partial charge on any atom is 0.313 e. The molecule has 0 unspecified atom stereocenters. The van der Waals surface area contributed by atoms with Gasteiger partial charge in [0.1, 0.15) is 29.8 Å². The molecular formula is C30H36BrN3O7. The van der Waals surface area contributed by atoms with Gasteiger partial charge in [-0.25, -0.2) is 0 Å². The first-order valence-electron chi connectivity index (χ1n) is 14.2. The molecule has 5 rings (SSSR count). The van der Waals surface area contributed by atoms with Gasteiger partial charge in [0, 0.05) is 24.0 Å². The van der Waals surface area contributed by atoms with E-state index in [1.807, 2.05) is 49.4 Å². The number of esters is 1. The number of benzene rings is 1. The molecule has 2 fully saturated rings. The van der Waals surface area contributed by atoms with E-state index < -0.39 is 53.6 Å². The smallest absolute Gasteiger partial charge is 0.313 e. The summed E-state index contributed by atoms with van der Waals surface area (Å²) in [6, 6.07) is 7.79. The van der Waals surface area contributed by atoms with Gasteiger partial charge >= 0.3 is 5.97 Å². The molecule has 11 heteroatoms. The molecule has 5 bridgehead atoms. The number of cyclic esters (lactones) is 1. The summed E-state index contributed by atoms with van der Waals surface area (Å²) in [7, 11) is 0. The van der Waals surface area contributed by atoms with Gasteiger partial charge in [-0.2, -0.15) is 0 Å². The largest absolute Gasteiger partial charge is 0.460 e. The van der Waals surface area contributed by atoms with Crippen molar-refractivity contribution in [3.05, 3.63) is 58.6 Å². The number of amides is 3. The molecule has 0 aromatic heterocycles. The molecule has 7 atom stereocenters. The molecule has 1 spiro atoms. The van der Waals surface area contributed by atoms with Crippen molar-refractivity contribution in [2.24, 2.45) is 11.8 Å². The number of fused-ring (bicyclic) bond motifs is 2. The van der Waals surface area contributed by atoms with E-state index in [-0.39, 0.29) is 44.5 Å². The lowest BCUT2D eigenvalue weighted by Gasteiger charge is -2.38. The summed E-state index contributed by atoms with van der Waals surface area (Å²) in [5.41, 5.74) is -0.504. The Kier molecular flexibility index (Phi) is 8.68. The highest BCUT2D eigenvalue weighted by Crippen LogP contribution is 2.59. The van der Waals surface area contributed by atoms with Gasteiger partial charge in [-0.05, 0) is 31.4 Å². The number of aliphatic hydroxyl groups is 1. The Balaban J connectivity index is 1.61. The van der Waals surface area contributed by atoms with Crippen molar-refractivity contribution in [1.29, 1.82) is 0 Å². The van der Waals surface area contributed by atoms with E-state index in [2.05, 4.69) is 21.2 Å². The first-order chi connectivity index (χ1) is 19.7. The first-order valence-corrected chi connectivity index (χ1v) is 14.9. The van der Waals surface area contributed by atoms with Gasteiger partial charge < -0.3 is 29.7 Å². The van der Waals surface area contributed by atoms with E-state index in [0.717, 1.165) is 5.56 Å². The van der Waals surface area contributed by atoms with Crippen LogP contribution in [0.5, 0.6) is 0 Å². The minimum Gasteiger partial charge on any atom is -0.460 e. The number of halogens is 1. The van der Waals surface area contributed by atoms with Crippen molar-refractivity contribution >= 4 is 39.6 Å². The van der Waals surface area contributed by atoms with Crippen molar-refractivity contribution in [3.8, 4) is 0 Å². The highest BCUT2D eigenvalue weighted by molar-refractivity contribution is 9.11. The van der Waals surface area contributed by atoms with Gasteiger partial charge in [0.15, 0.2) is 0 Å². The fourth-order valence-corrected chi connectivity index (χ4v) is 7.16. The van der Waals surface area contributed by atoms with Crippen molar-refractivity contribution in [2.75, 3.05) is 19.7 Å². The van der Waals surface area contributed by atoms with Crippen LogP contribution < -0.4 is 5.32 Å². The van der Waals surface area contributed by atoms with E-state index in [9.17, 15) is 24.3 Å². The SMILES string of the molecule is CC[C@@H](CO)N1C(=O)[C@@H]2[C@H]3C(=O)O[C@@H](C)CNC(=O)CC/C=C\CN(Cc4ccccc4)C(=O)[C@@H]1[C@]21C=C(Br)[C@H]3O1. The van der Waals surface area contributed by atoms with Crippen LogP contribution in [0.25, 0.3) is 0 Å². The summed E-state index contributed by atoms with van der Waals surface area (Å²) < 4.78 is 12.8. The van der Waals surface area contributed by atoms with Crippen molar-refractivity contribution in [2.45, 2.75) is 69.5 Å². The summed E-state index contributed by atoms with van der Waals surface area (Å²) >= 11 is 3.54. The average molecular weight is 631 g/mol. The minimum atomic E-state index is -1.41. The Morgan fingerprint density at radius 3 is 2.61 bits per heavy atom. The molecule has 4 aliphatic rings. The fourth-order valence-electron chi connectivity index (χ4n) is 6.42. The van der Waals surface area contributed by atoms with Gasteiger partial charge in [-0.15, -0.1) is 0 Å². The van der Waals surface area contributed by atoms with Crippen LogP contribution in [-0.4, -0.2) is 88.2 Å². The van der Waals surface area contributed by atoms with Gasteiger partial charge in [-0.3, -0.25) is 19.2 Å². The predicted molar refractivity (Wildman–Crippen MR) is 152 cm³/mol. The molecule has 220 valence electrons. The Bertz CT molecular complexity index is 1250. The Morgan fingerprint density at radius 2 is 1.90 bits per heavy atom. The maximum absolute atomic E-state index is 14.6. The van der Waals surface area contributed by atoms with Crippen LogP contribution in [-0.2, 0) is 35.2 Å². The molecule has 3 amide bonds. The fraction of sp³-hybridized carbons (Fsp3) is 0.533. The van der Waals surface area contributed by atoms with Crippen LogP contribution in [0.1, 0.15) is 38.7 Å². The zero-order valence-corrected chi connectivity index (χ0v) is 24.8. The second kappa shape index (κ2) is 12.1. The van der Waals surface area contributed by atoms with Gasteiger partial charge in [0.2, 0.25) is 17.7 Å². The number of ether oxygens (including phenoxy) is 2. The lowest BCUT2D eigenvalue weighted by molar-refractivity contribution is -0.159. The van der Waals surface area contributed by atoms with Crippen molar-refractivity contribution in [3.63, 3.8) is 0 Å². The van der Waals surface area contributed by atoms with E-state index in [4.69, 9.17) is 9.47 Å².